The topological polar surface area (TPSA) is 38.1 Å². The van der Waals surface area contributed by atoms with Gasteiger partial charge >= 0.3 is 0 Å². The summed E-state index contributed by atoms with van der Waals surface area (Å²) >= 11 is 0. The van der Waals surface area contributed by atoms with Crippen molar-refractivity contribution in [3.05, 3.63) is 36.4 Å². The fraction of sp³-hybridized carbons (Fsp3) is 0.438. The zero-order valence-electron chi connectivity index (χ0n) is 11.9. The van der Waals surface area contributed by atoms with Crippen LogP contribution in [0.25, 0.3) is 11.3 Å². The molecule has 3 nitrogen and oxygen atoms in total. The lowest BCUT2D eigenvalue weighted by molar-refractivity contribution is 0.521. The Kier molecular flexibility index (Phi) is 4.61. The largest absolute Gasteiger partial charge is 0.449 e. The highest BCUT2D eigenvalue weighted by Gasteiger charge is 2.06. The van der Waals surface area contributed by atoms with E-state index in [2.05, 4.69) is 48.4 Å². The van der Waals surface area contributed by atoms with Gasteiger partial charge in [-0.05, 0) is 25.0 Å². The Morgan fingerprint density at radius 2 is 1.95 bits per heavy atom. The van der Waals surface area contributed by atoms with Crippen molar-refractivity contribution in [1.29, 1.82) is 0 Å². The Morgan fingerprint density at radius 1 is 1.21 bits per heavy atom. The Bertz CT molecular complexity index is 502. The molecular formula is C16H22N2O. The first-order chi connectivity index (χ1) is 9.22. The molecule has 0 amide bonds. The van der Waals surface area contributed by atoms with Crippen LogP contribution in [-0.2, 0) is 0 Å². The summed E-state index contributed by atoms with van der Waals surface area (Å²) in [6, 6.07) is 8.94. The second kappa shape index (κ2) is 6.41. The minimum atomic E-state index is 0.560. The molecule has 1 unspecified atom stereocenters. The van der Waals surface area contributed by atoms with Crippen molar-refractivity contribution >= 4 is 5.69 Å². The molecule has 0 aliphatic rings. The summed E-state index contributed by atoms with van der Waals surface area (Å²) in [6.45, 7) is 6.30. The predicted octanol–water partition coefficient (Wildman–Crippen LogP) is 4.64. The maximum Gasteiger partial charge on any atom is 0.191 e. The molecule has 19 heavy (non-hydrogen) atoms. The summed E-state index contributed by atoms with van der Waals surface area (Å²) in [5, 5.41) is 3.57. The van der Waals surface area contributed by atoms with Gasteiger partial charge in [-0.15, -0.1) is 0 Å². The van der Waals surface area contributed by atoms with Crippen LogP contribution in [0.4, 0.5) is 5.69 Å². The molecule has 0 bridgehead atoms. The van der Waals surface area contributed by atoms with E-state index in [9.17, 15) is 0 Å². The first-order valence-electron chi connectivity index (χ1n) is 7.02. The summed E-state index contributed by atoms with van der Waals surface area (Å²) in [5.74, 6) is 0.700. The smallest absolute Gasteiger partial charge is 0.191 e. The van der Waals surface area contributed by atoms with Crippen molar-refractivity contribution in [3.63, 3.8) is 0 Å². The van der Waals surface area contributed by atoms with Gasteiger partial charge < -0.3 is 9.73 Å². The quantitative estimate of drug-likeness (QED) is 0.820. The Morgan fingerprint density at radius 3 is 2.47 bits per heavy atom. The zero-order valence-corrected chi connectivity index (χ0v) is 11.9. The van der Waals surface area contributed by atoms with E-state index in [0.717, 1.165) is 17.7 Å². The Balaban J connectivity index is 2.06. The average Bonchev–Trinajstić information content (AvgIpc) is 2.86. The highest BCUT2D eigenvalue weighted by atomic mass is 16.3. The molecular weight excluding hydrogens is 236 g/mol. The lowest BCUT2D eigenvalue weighted by Gasteiger charge is -2.17. The fourth-order valence-corrected chi connectivity index (χ4v) is 2.20. The van der Waals surface area contributed by atoms with Gasteiger partial charge in [-0.2, -0.15) is 0 Å². The lowest BCUT2D eigenvalue weighted by Crippen LogP contribution is -2.17. The third-order valence-electron chi connectivity index (χ3n) is 3.30. The molecule has 0 radical (unpaired) electrons. The third kappa shape index (κ3) is 3.60. The molecule has 0 spiro atoms. The van der Waals surface area contributed by atoms with Gasteiger partial charge in [0, 0.05) is 24.2 Å². The van der Waals surface area contributed by atoms with Crippen LogP contribution in [-0.4, -0.2) is 11.0 Å². The number of rotatable bonds is 6. The van der Waals surface area contributed by atoms with Gasteiger partial charge in [0.2, 0.25) is 0 Å². The van der Waals surface area contributed by atoms with Gasteiger partial charge in [-0.25, -0.2) is 4.98 Å². The van der Waals surface area contributed by atoms with Gasteiger partial charge in [0.25, 0.3) is 0 Å². The number of hydrogen-bond acceptors (Lipinski definition) is 3. The summed E-state index contributed by atoms with van der Waals surface area (Å²) in [4.78, 5) is 4.33. The van der Waals surface area contributed by atoms with Crippen molar-refractivity contribution in [2.75, 3.05) is 5.32 Å². The maximum absolute atomic E-state index is 5.24. The van der Waals surface area contributed by atoms with Crippen LogP contribution < -0.4 is 5.32 Å². The van der Waals surface area contributed by atoms with Gasteiger partial charge in [0.15, 0.2) is 5.89 Å². The molecule has 2 aromatic rings. The number of aryl methyl sites for hydroxylation is 1. The van der Waals surface area contributed by atoms with E-state index in [1.807, 2.05) is 6.92 Å². The van der Waals surface area contributed by atoms with E-state index in [1.165, 1.54) is 18.5 Å². The van der Waals surface area contributed by atoms with Gasteiger partial charge in [-0.3, -0.25) is 0 Å². The zero-order chi connectivity index (χ0) is 13.7. The Hall–Kier alpha value is -1.77. The third-order valence-corrected chi connectivity index (χ3v) is 3.30. The van der Waals surface area contributed by atoms with Crippen molar-refractivity contribution in [2.45, 2.75) is 46.1 Å². The Labute approximate surface area is 115 Å². The number of anilines is 1. The van der Waals surface area contributed by atoms with Crippen LogP contribution in [0.15, 0.2) is 34.9 Å². The number of nitrogens with zero attached hydrogens (tertiary/aromatic N) is 1. The number of hydrogen-bond donors (Lipinski definition) is 1. The molecule has 1 heterocycles. The summed E-state index contributed by atoms with van der Waals surface area (Å²) in [6.07, 6.45) is 5.27. The van der Waals surface area contributed by atoms with Crippen molar-refractivity contribution < 1.29 is 4.42 Å². The minimum Gasteiger partial charge on any atom is -0.449 e. The van der Waals surface area contributed by atoms with E-state index in [0.29, 0.717) is 11.9 Å². The molecule has 0 saturated heterocycles. The normalized spacial score (nSPS) is 12.4. The van der Waals surface area contributed by atoms with E-state index >= 15 is 0 Å². The second-order valence-corrected chi connectivity index (χ2v) is 4.87. The summed E-state index contributed by atoms with van der Waals surface area (Å²) < 4.78 is 5.24. The maximum atomic E-state index is 5.24. The van der Waals surface area contributed by atoms with Crippen molar-refractivity contribution in [3.8, 4) is 11.3 Å². The number of oxazole rings is 1. The fourth-order valence-electron chi connectivity index (χ4n) is 2.20. The average molecular weight is 258 g/mol. The van der Waals surface area contributed by atoms with Gasteiger partial charge in [0.05, 0.1) is 0 Å². The molecule has 102 valence electrons. The number of nitrogens with one attached hydrogen (secondary N) is 1. The van der Waals surface area contributed by atoms with E-state index in [1.54, 1.807) is 6.26 Å². The lowest BCUT2D eigenvalue weighted by atomic mass is 10.1. The summed E-state index contributed by atoms with van der Waals surface area (Å²) in [7, 11) is 0. The molecule has 0 fully saturated rings. The standard InChI is InChI=1S/C16H22N2O/c1-4-6-14(5-2)18-15-9-7-13(8-10-15)16-11-19-12(3)17-16/h7-11,14,18H,4-6H2,1-3H3. The molecule has 1 N–H and O–H groups in total. The van der Waals surface area contributed by atoms with Crippen LogP contribution in [0.1, 0.15) is 39.0 Å². The van der Waals surface area contributed by atoms with E-state index < -0.39 is 0 Å². The monoisotopic (exact) mass is 258 g/mol. The summed E-state index contributed by atoms with van der Waals surface area (Å²) in [5.41, 5.74) is 3.15. The van der Waals surface area contributed by atoms with Crippen LogP contribution >= 0.6 is 0 Å². The first-order valence-corrected chi connectivity index (χ1v) is 7.02. The minimum absolute atomic E-state index is 0.560. The first kappa shape index (κ1) is 13.7. The van der Waals surface area contributed by atoms with Crippen LogP contribution in [0.2, 0.25) is 0 Å². The number of aromatic nitrogens is 1. The number of benzene rings is 1. The molecule has 3 heteroatoms. The van der Waals surface area contributed by atoms with Gasteiger partial charge in [0.1, 0.15) is 12.0 Å². The SMILES string of the molecule is CCCC(CC)Nc1ccc(-c2coc(C)n2)cc1. The highest BCUT2D eigenvalue weighted by molar-refractivity contribution is 5.61. The second-order valence-electron chi connectivity index (χ2n) is 4.87. The van der Waals surface area contributed by atoms with Crippen LogP contribution in [0.5, 0.6) is 0 Å². The highest BCUT2D eigenvalue weighted by Crippen LogP contribution is 2.21. The van der Waals surface area contributed by atoms with E-state index in [4.69, 9.17) is 4.42 Å². The molecule has 0 aliphatic heterocycles. The molecule has 1 atom stereocenters. The van der Waals surface area contributed by atoms with Crippen molar-refractivity contribution in [2.24, 2.45) is 0 Å². The molecule has 2 rings (SSSR count). The van der Waals surface area contributed by atoms with Crippen LogP contribution in [0.3, 0.4) is 0 Å². The molecule has 1 aromatic carbocycles. The molecule has 1 aromatic heterocycles. The van der Waals surface area contributed by atoms with Gasteiger partial charge in [-0.1, -0.05) is 32.4 Å². The molecule has 0 saturated carbocycles. The van der Waals surface area contributed by atoms with E-state index in [-0.39, 0.29) is 0 Å². The van der Waals surface area contributed by atoms with Crippen molar-refractivity contribution in [1.82, 2.24) is 4.98 Å². The predicted molar refractivity (Wildman–Crippen MR) is 79.3 cm³/mol. The van der Waals surface area contributed by atoms with Crippen LogP contribution in [0, 0.1) is 6.92 Å². The molecule has 0 aliphatic carbocycles.